The Balaban J connectivity index is 1.21. The first-order valence-corrected chi connectivity index (χ1v) is 18.1. The molecular formula is C48H28N6. The molecular weight excluding hydrogens is 661 g/mol. The van der Waals surface area contributed by atoms with E-state index in [1.54, 1.807) is 0 Å². The van der Waals surface area contributed by atoms with Crippen molar-refractivity contribution in [3.63, 3.8) is 0 Å². The lowest BCUT2D eigenvalue weighted by molar-refractivity contribution is 0.954. The molecule has 0 spiro atoms. The first kappa shape index (κ1) is 29.2. The van der Waals surface area contributed by atoms with E-state index in [-0.39, 0.29) is 0 Å². The molecule has 250 valence electrons. The van der Waals surface area contributed by atoms with Gasteiger partial charge < -0.3 is 0 Å². The number of hydrogen-bond acceptors (Lipinski definition) is 4. The maximum Gasteiger partial charge on any atom is 0.238 e. The molecule has 0 saturated heterocycles. The van der Waals surface area contributed by atoms with Gasteiger partial charge in [0.2, 0.25) is 5.95 Å². The quantitative estimate of drug-likeness (QED) is 0.173. The van der Waals surface area contributed by atoms with Crippen molar-refractivity contribution >= 4 is 75.9 Å². The molecule has 0 radical (unpaired) electrons. The van der Waals surface area contributed by atoms with Crippen LogP contribution >= 0.6 is 0 Å². The van der Waals surface area contributed by atoms with E-state index in [4.69, 9.17) is 19.9 Å². The minimum Gasteiger partial charge on any atom is -0.293 e. The second kappa shape index (κ2) is 11.0. The zero-order valence-electron chi connectivity index (χ0n) is 28.8. The van der Waals surface area contributed by atoms with Gasteiger partial charge in [-0.3, -0.25) is 9.13 Å². The van der Waals surface area contributed by atoms with Crippen LogP contribution in [0.2, 0.25) is 0 Å². The van der Waals surface area contributed by atoms with Gasteiger partial charge in [0.1, 0.15) is 5.82 Å². The lowest BCUT2D eigenvalue weighted by Gasteiger charge is -2.12. The smallest absolute Gasteiger partial charge is 0.238 e. The predicted molar refractivity (Wildman–Crippen MR) is 221 cm³/mol. The molecule has 4 heterocycles. The van der Waals surface area contributed by atoms with Gasteiger partial charge in [-0.15, -0.1) is 0 Å². The fraction of sp³-hybridized carbons (Fsp3) is 0. The maximum absolute atomic E-state index is 5.32. The molecule has 0 saturated carbocycles. The first-order chi connectivity index (χ1) is 26.8. The topological polar surface area (TPSA) is 61.4 Å². The molecule has 0 unspecified atom stereocenters. The Bertz CT molecular complexity index is 3350. The van der Waals surface area contributed by atoms with Gasteiger partial charge >= 0.3 is 0 Å². The van der Waals surface area contributed by atoms with E-state index < -0.39 is 0 Å². The van der Waals surface area contributed by atoms with Crippen LogP contribution in [0, 0.1) is 0 Å². The fourth-order valence-electron chi connectivity index (χ4n) is 8.52. The molecule has 12 aromatic rings. The lowest BCUT2D eigenvalue weighted by atomic mass is 9.99. The molecule has 0 fully saturated rings. The summed E-state index contributed by atoms with van der Waals surface area (Å²) in [5.41, 5.74) is 6.23. The van der Waals surface area contributed by atoms with Gasteiger partial charge in [-0.1, -0.05) is 121 Å². The molecule has 54 heavy (non-hydrogen) atoms. The van der Waals surface area contributed by atoms with Crippen molar-refractivity contribution in [3.05, 3.63) is 170 Å². The van der Waals surface area contributed by atoms with Gasteiger partial charge in [0, 0.05) is 44.3 Å². The van der Waals surface area contributed by atoms with E-state index in [2.05, 4.69) is 161 Å². The summed E-state index contributed by atoms with van der Waals surface area (Å²) in [6.45, 7) is 0. The highest BCUT2D eigenvalue weighted by Gasteiger charge is 2.25. The van der Waals surface area contributed by atoms with E-state index in [0.717, 1.165) is 65.9 Å². The second-order valence-corrected chi connectivity index (χ2v) is 13.9. The summed E-state index contributed by atoms with van der Waals surface area (Å²) >= 11 is 0. The Morgan fingerprint density at radius 3 is 1.72 bits per heavy atom. The highest BCUT2D eigenvalue weighted by atomic mass is 15.2. The SMILES string of the molecule is c1ccc(-n2c3ccccc3c3cc4c5c(ccc6cccc(c65)n4-c4nc(-c5ccc6ccccc6c5)nc(-c5ccc6ccccc6c5)n4)c32)nc1. The van der Waals surface area contributed by atoms with Gasteiger partial charge in [0.25, 0.3) is 0 Å². The summed E-state index contributed by atoms with van der Waals surface area (Å²) in [6.07, 6.45) is 1.86. The molecule has 0 aliphatic rings. The normalized spacial score (nSPS) is 12.1. The molecule has 0 N–H and O–H groups in total. The van der Waals surface area contributed by atoms with Crippen molar-refractivity contribution in [2.45, 2.75) is 0 Å². The van der Waals surface area contributed by atoms with E-state index in [1.807, 2.05) is 18.3 Å². The predicted octanol–water partition coefficient (Wildman–Crippen LogP) is 11.7. The summed E-state index contributed by atoms with van der Waals surface area (Å²) in [5.74, 6) is 2.72. The van der Waals surface area contributed by atoms with Crippen LogP contribution in [0.1, 0.15) is 0 Å². The molecule has 4 aromatic heterocycles. The summed E-state index contributed by atoms with van der Waals surface area (Å²) < 4.78 is 4.55. The molecule has 0 bridgehead atoms. The summed E-state index contributed by atoms with van der Waals surface area (Å²) in [7, 11) is 0. The Labute approximate surface area is 308 Å². The van der Waals surface area contributed by atoms with Crippen LogP contribution in [-0.4, -0.2) is 29.1 Å². The van der Waals surface area contributed by atoms with Crippen molar-refractivity contribution in [1.82, 2.24) is 29.1 Å². The highest BCUT2D eigenvalue weighted by molar-refractivity contribution is 6.32. The molecule has 6 nitrogen and oxygen atoms in total. The largest absolute Gasteiger partial charge is 0.293 e. The lowest BCUT2D eigenvalue weighted by Crippen LogP contribution is -2.06. The van der Waals surface area contributed by atoms with E-state index in [9.17, 15) is 0 Å². The number of rotatable bonds is 4. The van der Waals surface area contributed by atoms with Gasteiger partial charge in [0.15, 0.2) is 11.6 Å². The van der Waals surface area contributed by atoms with Crippen molar-refractivity contribution in [1.29, 1.82) is 0 Å². The number of hydrogen-bond donors (Lipinski definition) is 0. The number of para-hydroxylation sites is 1. The average Bonchev–Trinajstić information content (AvgIpc) is 3.76. The Morgan fingerprint density at radius 1 is 0.370 bits per heavy atom. The molecule has 0 amide bonds. The molecule has 12 rings (SSSR count). The van der Waals surface area contributed by atoms with Crippen LogP contribution in [0.4, 0.5) is 0 Å². The van der Waals surface area contributed by atoms with Gasteiger partial charge in [-0.25, -0.2) is 9.97 Å². The summed E-state index contributed by atoms with van der Waals surface area (Å²) in [4.78, 5) is 20.6. The second-order valence-electron chi connectivity index (χ2n) is 13.9. The van der Waals surface area contributed by atoms with Crippen LogP contribution < -0.4 is 0 Å². The summed E-state index contributed by atoms with van der Waals surface area (Å²) in [5, 5.41) is 11.6. The Morgan fingerprint density at radius 2 is 1.00 bits per heavy atom. The first-order valence-electron chi connectivity index (χ1n) is 18.1. The Hall–Kier alpha value is -7.44. The van der Waals surface area contributed by atoms with Crippen LogP contribution in [0.15, 0.2) is 170 Å². The molecule has 8 aromatic carbocycles. The number of aromatic nitrogens is 6. The monoisotopic (exact) mass is 688 g/mol. The van der Waals surface area contributed by atoms with Crippen molar-refractivity contribution in [3.8, 4) is 34.5 Å². The minimum absolute atomic E-state index is 0.578. The maximum atomic E-state index is 5.32. The van der Waals surface area contributed by atoms with E-state index in [1.165, 1.54) is 26.9 Å². The molecule has 0 aliphatic carbocycles. The van der Waals surface area contributed by atoms with Crippen LogP contribution in [0.25, 0.3) is 110 Å². The third kappa shape index (κ3) is 4.16. The van der Waals surface area contributed by atoms with Crippen molar-refractivity contribution in [2.24, 2.45) is 0 Å². The van der Waals surface area contributed by atoms with Gasteiger partial charge in [-0.05, 0) is 69.4 Å². The standard InChI is InChI=1S/C48H28N6/c1-3-12-32-26-34(21-19-29(32)10-1)46-50-47(35-22-20-30-11-2-4-13-33(30)27-35)52-48(51-46)53-40-17-9-14-31-23-24-37-44(43(31)40)41(53)28-38-36-15-5-6-16-39(36)54(45(37)38)42-18-7-8-25-49-42/h1-28H. The summed E-state index contributed by atoms with van der Waals surface area (Å²) in [6, 6.07) is 57.7. The number of benzene rings is 8. The zero-order chi connectivity index (χ0) is 35.3. The van der Waals surface area contributed by atoms with Crippen LogP contribution in [0.5, 0.6) is 0 Å². The number of fused-ring (bicyclic) bond motifs is 6. The molecule has 0 aliphatic heterocycles. The average molecular weight is 689 g/mol. The van der Waals surface area contributed by atoms with Crippen molar-refractivity contribution < 1.29 is 0 Å². The van der Waals surface area contributed by atoms with Crippen LogP contribution in [0.3, 0.4) is 0 Å². The highest BCUT2D eigenvalue weighted by Crippen LogP contribution is 2.45. The number of pyridine rings is 1. The van der Waals surface area contributed by atoms with Gasteiger partial charge in [-0.2, -0.15) is 9.97 Å². The molecule has 0 atom stereocenters. The number of nitrogens with zero attached hydrogens (tertiary/aromatic N) is 6. The van der Waals surface area contributed by atoms with Gasteiger partial charge in [0.05, 0.1) is 22.1 Å². The third-order valence-corrected chi connectivity index (χ3v) is 10.9. The van der Waals surface area contributed by atoms with E-state index >= 15 is 0 Å². The van der Waals surface area contributed by atoms with Crippen LogP contribution in [-0.2, 0) is 0 Å². The fourth-order valence-corrected chi connectivity index (χ4v) is 8.52. The van der Waals surface area contributed by atoms with E-state index in [0.29, 0.717) is 17.6 Å². The van der Waals surface area contributed by atoms with Crippen molar-refractivity contribution in [2.75, 3.05) is 0 Å². The Kier molecular flexibility index (Phi) is 5.96. The minimum atomic E-state index is 0.578. The third-order valence-electron chi connectivity index (χ3n) is 10.9. The molecule has 6 heteroatoms. The zero-order valence-corrected chi connectivity index (χ0v) is 28.8.